The predicted molar refractivity (Wildman–Crippen MR) is 147 cm³/mol. The molecule has 2 bridgehead atoms. The minimum Gasteiger partial charge on any atom is -0.465 e. The molecule has 1 spiro atoms. The Morgan fingerprint density at radius 2 is 2.00 bits per heavy atom. The molecule has 0 aromatic rings. The number of amides is 2. The monoisotopic (exact) mass is 549 g/mol. The molecule has 0 aromatic heterocycles. The number of fused-ring (bicyclic) bond motifs is 1. The fourth-order valence-corrected chi connectivity index (χ4v) is 9.15. The standard InChI is InChI=1S/C28H43N3O6S/c1-4-6-16-37-27(35)22-21-19-20(3)28(38-21)23(22)25(33)31(10-7-8-15-32)24(28)26(34)30(9-5-2)12-11-29-13-17-36-18-14-29/h4-5,20-24,32H,1-2,6-19H2,3H3/t20?,21-,22+,23+,24?,28?/m1/s1. The van der Waals surface area contributed by atoms with E-state index in [0.717, 1.165) is 26.1 Å². The summed E-state index contributed by atoms with van der Waals surface area (Å²) in [4.78, 5) is 47.6. The van der Waals surface area contributed by atoms with Crippen molar-refractivity contribution in [3.05, 3.63) is 25.3 Å². The van der Waals surface area contributed by atoms with Crippen LogP contribution in [0.5, 0.6) is 0 Å². The molecule has 38 heavy (non-hydrogen) atoms. The van der Waals surface area contributed by atoms with Crippen molar-refractivity contribution in [3.63, 3.8) is 0 Å². The molecule has 2 amide bonds. The van der Waals surface area contributed by atoms with Gasteiger partial charge >= 0.3 is 5.97 Å². The fraction of sp³-hybridized carbons (Fsp3) is 0.750. The third kappa shape index (κ3) is 5.42. The van der Waals surface area contributed by atoms with E-state index in [1.165, 1.54) is 0 Å². The van der Waals surface area contributed by atoms with Gasteiger partial charge in [-0.1, -0.05) is 19.1 Å². The first-order valence-corrected chi connectivity index (χ1v) is 14.8. The van der Waals surface area contributed by atoms with Crippen LogP contribution in [0.2, 0.25) is 0 Å². The predicted octanol–water partition coefficient (Wildman–Crippen LogP) is 1.56. The first-order valence-electron chi connectivity index (χ1n) is 14.0. The molecule has 0 aliphatic carbocycles. The van der Waals surface area contributed by atoms with E-state index < -0.39 is 22.6 Å². The van der Waals surface area contributed by atoms with Crippen molar-refractivity contribution in [1.82, 2.24) is 14.7 Å². The number of hydrogen-bond acceptors (Lipinski definition) is 8. The van der Waals surface area contributed by atoms with Gasteiger partial charge in [0.1, 0.15) is 6.04 Å². The Morgan fingerprint density at radius 1 is 1.24 bits per heavy atom. The lowest BCUT2D eigenvalue weighted by molar-refractivity contribution is -0.154. The number of aliphatic hydroxyl groups is 1. The molecule has 10 heteroatoms. The van der Waals surface area contributed by atoms with Crippen LogP contribution in [0.15, 0.2) is 25.3 Å². The minimum absolute atomic E-state index is 0.0306. The van der Waals surface area contributed by atoms with E-state index in [-0.39, 0.29) is 42.2 Å². The number of nitrogens with zero attached hydrogens (tertiary/aromatic N) is 3. The van der Waals surface area contributed by atoms with E-state index in [0.29, 0.717) is 52.1 Å². The number of hydrogen-bond donors (Lipinski definition) is 1. The Labute approximate surface area is 230 Å². The molecule has 4 fully saturated rings. The zero-order valence-electron chi connectivity index (χ0n) is 22.6. The molecule has 4 heterocycles. The van der Waals surface area contributed by atoms with Gasteiger partial charge in [0.15, 0.2) is 0 Å². The lowest BCUT2D eigenvalue weighted by atomic mass is 9.66. The van der Waals surface area contributed by atoms with Crippen LogP contribution in [0, 0.1) is 17.8 Å². The van der Waals surface area contributed by atoms with Crippen molar-refractivity contribution in [2.45, 2.75) is 48.6 Å². The molecule has 0 radical (unpaired) electrons. The van der Waals surface area contributed by atoms with E-state index in [2.05, 4.69) is 25.0 Å². The van der Waals surface area contributed by atoms with Crippen LogP contribution in [0.25, 0.3) is 0 Å². The normalized spacial score (nSPS) is 32.3. The summed E-state index contributed by atoms with van der Waals surface area (Å²) in [5.41, 5.74) is 0. The summed E-state index contributed by atoms with van der Waals surface area (Å²) in [6.45, 7) is 15.1. The maximum atomic E-state index is 14.4. The van der Waals surface area contributed by atoms with Crippen LogP contribution in [-0.2, 0) is 23.9 Å². The maximum Gasteiger partial charge on any atom is 0.310 e. The molecule has 6 atom stereocenters. The lowest BCUT2D eigenvalue weighted by Gasteiger charge is -2.41. The average Bonchev–Trinajstić information content (AvgIpc) is 3.51. The molecule has 4 aliphatic rings. The van der Waals surface area contributed by atoms with Gasteiger partial charge in [0.25, 0.3) is 0 Å². The number of thioether (sulfide) groups is 1. The number of carbonyl (C=O) groups excluding carboxylic acids is 3. The van der Waals surface area contributed by atoms with E-state index in [1.54, 1.807) is 28.8 Å². The summed E-state index contributed by atoms with van der Waals surface area (Å²) in [5.74, 6) is -1.56. The smallest absolute Gasteiger partial charge is 0.310 e. The number of rotatable bonds is 14. The van der Waals surface area contributed by atoms with Crippen LogP contribution in [0.3, 0.4) is 0 Å². The number of ether oxygens (including phenoxy) is 2. The number of morpholine rings is 1. The van der Waals surface area contributed by atoms with E-state index >= 15 is 0 Å². The number of unbranched alkanes of at least 4 members (excludes halogenated alkanes) is 1. The summed E-state index contributed by atoms with van der Waals surface area (Å²) in [6, 6.07) is -0.653. The van der Waals surface area contributed by atoms with Gasteiger partial charge in [-0.25, -0.2) is 0 Å². The third-order valence-corrected chi connectivity index (χ3v) is 10.7. The number of likely N-dealkylation sites (tertiary alicyclic amines) is 1. The highest BCUT2D eigenvalue weighted by molar-refractivity contribution is 8.02. The van der Waals surface area contributed by atoms with E-state index in [4.69, 9.17) is 9.47 Å². The summed E-state index contributed by atoms with van der Waals surface area (Å²) in [6.07, 6.45) is 5.93. The van der Waals surface area contributed by atoms with Gasteiger partial charge in [0.05, 0.1) is 36.4 Å². The number of esters is 1. The highest BCUT2D eigenvalue weighted by atomic mass is 32.2. The molecule has 4 aliphatic heterocycles. The van der Waals surface area contributed by atoms with Crippen molar-refractivity contribution < 1.29 is 29.0 Å². The average molecular weight is 550 g/mol. The van der Waals surface area contributed by atoms with Crippen LogP contribution in [0.4, 0.5) is 0 Å². The summed E-state index contributed by atoms with van der Waals surface area (Å²) >= 11 is 1.66. The Balaban J connectivity index is 1.62. The van der Waals surface area contributed by atoms with Crippen LogP contribution in [-0.4, -0.2) is 119 Å². The zero-order valence-corrected chi connectivity index (χ0v) is 23.4. The van der Waals surface area contributed by atoms with Gasteiger partial charge in [-0.15, -0.1) is 24.9 Å². The molecule has 1 N–H and O–H groups in total. The largest absolute Gasteiger partial charge is 0.465 e. The van der Waals surface area contributed by atoms with Crippen molar-refractivity contribution in [2.75, 3.05) is 65.7 Å². The van der Waals surface area contributed by atoms with Crippen LogP contribution < -0.4 is 0 Å². The van der Waals surface area contributed by atoms with Crippen molar-refractivity contribution in [1.29, 1.82) is 0 Å². The topological polar surface area (TPSA) is 99.6 Å². The molecule has 212 valence electrons. The zero-order chi connectivity index (χ0) is 27.3. The number of aliphatic hydroxyl groups excluding tert-OH is 1. The van der Waals surface area contributed by atoms with E-state index in [1.807, 2.05) is 4.90 Å². The van der Waals surface area contributed by atoms with Gasteiger partial charge in [-0.05, 0) is 31.6 Å². The van der Waals surface area contributed by atoms with Gasteiger partial charge in [0, 0.05) is 51.1 Å². The second-order valence-electron chi connectivity index (χ2n) is 10.8. The van der Waals surface area contributed by atoms with Gasteiger partial charge in [0.2, 0.25) is 11.8 Å². The molecule has 0 aromatic carbocycles. The summed E-state index contributed by atoms with van der Waals surface area (Å²) in [5, 5.41) is 9.35. The second-order valence-corrected chi connectivity index (χ2v) is 12.3. The van der Waals surface area contributed by atoms with Crippen molar-refractivity contribution in [2.24, 2.45) is 17.8 Å². The molecule has 4 saturated heterocycles. The summed E-state index contributed by atoms with van der Waals surface area (Å²) in [7, 11) is 0. The second kappa shape index (κ2) is 13.0. The van der Waals surface area contributed by atoms with Crippen LogP contribution in [0.1, 0.15) is 32.6 Å². The van der Waals surface area contributed by atoms with E-state index in [9.17, 15) is 19.5 Å². The first-order chi connectivity index (χ1) is 18.4. The Hall–Kier alpha value is -1.88. The quantitative estimate of drug-likeness (QED) is 0.198. The lowest BCUT2D eigenvalue weighted by Crippen LogP contribution is -2.58. The molecule has 3 unspecified atom stereocenters. The Morgan fingerprint density at radius 3 is 2.68 bits per heavy atom. The molecule has 9 nitrogen and oxygen atoms in total. The summed E-state index contributed by atoms with van der Waals surface area (Å²) < 4.78 is 10.4. The van der Waals surface area contributed by atoms with Crippen LogP contribution >= 0.6 is 11.8 Å². The minimum atomic E-state index is -0.668. The van der Waals surface area contributed by atoms with Gasteiger partial charge in [-0.2, -0.15) is 0 Å². The molecular formula is C28H43N3O6S. The molecular weight excluding hydrogens is 506 g/mol. The third-order valence-electron chi connectivity index (χ3n) is 8.58. The number of carbonyl (C=O) groups is 3. The maximum absolute atomic E-state index is 14.4. The van der Waals surface area contributed by atoms with Gasteiger partial charge < -0.3 is 24.4 Å². The fourth-order valence-electron chi connectivity index (χ4n) is 6.75. The van der Waals surface area contributed by atoms with Gasteiger partial charge in [-0.3, -0.25) is 19.3 Å². The highest BCUT2D eigenvalue weighted by Crippen LogP contribution is 2.68. The molecule has 4 rings (SSSR count). The first kappa shape index (κ1) is 29.1. The Bertz CT molecular complexity index is 896. The SMILES string of the molecule is C=CCCOC(=O)[C@@H]1[C@H]2C(=O)N(CCCCO)C(C(=O)N(CC=C)CCN3CCOCC3)C23S[C@@H]1CC3C. The Kier molecular flexibility index (Phi) is 9.95. The molecule has 0 saturated carbocycles. The highest BCUT2D eigenvalue weighted by Gasteiger charge is 2.76. The van der Waals surface area contributed by atoms with Crippen molar-refractivity contribution >= 4 is 29.5 Å². The van der Waals surface area contributed by atoms with Crippen molar-refractivity contribution in [3.8, 4) is 0 Å².